The van der Waals surface area contributed by atoms with E-state index in [2.05, 4.69) is 15.5 Å². The van der Waals surface area contributed by atoms with Crippen LogP contribution in [0.3, 0.4) is 0 Å². The molecular formula is C17H12F3N5O3. The number of rotatable bonds is 5. The average Bonchev–Trinajstić information content (AvgIpc) is 3.06. The smallest absolute Gasteiger partial charge is 0.345 e. The number of nitro benzene ring substituents is 1. The fraction of sp³-hybridized carbons (Fsp3) is 0.118. The minimum atomic E-state index is -4.51. The molecule has 1 N–H and O–H groups in total. The standard InChI is InChI=1S/C17H12F3N5O3/c18-17(19,20)12-5-6-14-22-23-15(24(14)10-12)9-21-16(26)7-4-11-2-1-3-13(8-11)25(27)28/h1-8,10H,9H2,(H,21,26)/b7-4+. The Labute approximate surface area is 155 Å². The zero-order valence-corrected chi connectivity index (χ0v) is 14.1. The second kappa shape index (κ2) is 7.47. The Balaban J connectivity index is 1.69. The van der Waals surface area contributed by atoms with Gasteiger partial charge in [0.1, 0.15) is 0 Å². The molecule has 0 aliphatic rings. The van der Waals surface area contributed by atoms with Gasteiger partial charge in [-0.2, -0.15) is 13.2 Å². The number of amides is 1. The Morgan fingerprint density at radius 1 is 1.25 bits per heavy atom. The van der Waals surface area contributed by atoms with Gasteiger partial charge in [0.25, 0.3) is 5.69 Å². The first-order chi connectivity index (χ1) is 13.2. The molecule has 8 nitrogen and oxygen atoms in total. The average molecular weight is 391 g/mol. The van der Waals surface area contributed by atoms with Gasteiger partial charge in [0.2, 0.25) is 5.91 Å². The molecule has 0 radical (unpaired) electrons. The molecule has 0 fully saturated rings. The fourth-order valence-corrected chi connectivity index (χ4v) is 2.37. The van der Waals surface area contributed by atoms with Crippen molar-refractivity contribution in [2.75, 3.05) is 0 Å². The van der Waals surface area contributed by atoms with E-state index in [4.69, 9.17) is 0 Å². The van der Waals surface area contributed by atoms with E-state index in [9.17, 15) is 28.1 Å². The Hall–Kier alpha value is -3.76. The molecule has 11 heteroatoms. The number of nitrogens with zero attached hydrogens (tertiary/aromatic N) is 4. The lowest BCUT2D eigenvalue weighted by Crippen LogP contribution is -2.21. The SMILES string of the molecule is O=C(/C=C/c1cccc([N+](=O)[O-])c1)NCc1nnc2ccc(C(F)(F)F)cn12. The Bertz CT molecular complexity index is 1080. The van der Waals surface area contributed by atoms with Gasteiger partial charge in [-0.15, -0.1) is 10.2 Å². The predicted octanol–water partition coefficient (Wildman–Crippen LogP) is 2.99. The summed E-state index contributed by atoms with van der Waals surface area (Å²) in [6.07, 6.45) is -1.12. The van der Waals surface area contributed by atoms with Gasteiger partial charge in [-0.1, -0.05) is 12.1 Å². The van der Waals surface area contributed by atoms with E-state index in [1.54, 1.807) is 6.07 Å². The minimum Gasteiger partial charge on any atom is -0.345 e. The van der Waals surface area contributed by atoms with Gasteiger partial charge >= 0.3 is 6.18 Å². The van der Waals surface area contributed by atoms with E-state index >= 15 is 0 Å². The summed E-state index contributed by atoms with van der Waals surface area (Å²) in [4.78, 5) is 22.1. The van der Waals surface area contributed by atoms with Crippen LogP contribution in [0.15, 0.2) is 48.7 Å². The number of fused-ring (bicyclic) bond motifs is 1. The summed E-state index contributed by atoms with van der Waals surface area (Å²) in [5.41, 5.74) is -0.313. The molecule has 0 saturated carbocycles. The maximum Gasteiger partial charge on any atom is 0.417 e. The molecule has 144 valence electrons. The molecule has 3 rings (SSSR count). The number of carbonyl (C=O) groups excluding carboxylic acids is 1. The van der Waals surface area contributed by atoms with Crippen molar-refractivity contribution < 1.29 is 22.9 Å². The Morgan fingerprint density at radius 3 is 2.75 bits per heavy atom. The summed E-state index contributed by atoms with van der Waals surface area (Å²) >= 11 is 0. The quantitative estimate of drug-likeness (QED) is 0.409. The van der Waals surface area contributed by atoms with E-state index < -0.39 is 22.6 Å². The molecule has 1 aromatic carbocycles. The fourth-order valence-electron chi connectivity index (χ4n) is 2.37. The molecule has 0 aliphatic heterocycles. The van der Waals surface area contributed by atoms with E-state index in [-0.39, 0.29) is 23.7 Å². The molecule has 3 aromatic rings. The first kappa shape index (κ1) is 19.0. The number of nitrogens with one attached hydrogen (secondary N) is 1. The van der Waals surface area contributed by atoms with Crippen molar-refractivity contribution in [3.63, 3.8) is 0 Å². The number of benzene rings is 1. The highest BCUT2D eigenvalue weighted by Crippen LogP contribution is 2.29. The zero-order chi connectivity index (χ0) is 20.3. The van der Waals surface area contributed by atoms with Crippen LogP contribution < -0.4 is 5.32 Å². The zero-order valence-electron chi connectivity index (χ0n) is 14.1. The van der Waals surface area contributed by atoms with E-state index in [0.717, 1.165) is 22.7 Å². The van der Waals surface area contributed by atoms with E-state index in [0.29, 0.717) is 5.56 Å². The molecule has 28 heavy (non-hydrogen) atoms. The van der Waals surface area contributed by atoms with Gasteiger partial charge < -0.3 is 5.32 Å². The van der Waals surface area contributed by atoms with Crippen LogP contribution in [0.1, 0.15) is 17.0 Å². The van der Waals surface area contributed by atoms with Crippen LogP contribution in [0.25, 0.3) is 11.7 Å². The molecule has 2 heterocycles. The second-order valence-corrected chi connectivity index (χ2v) is 5.66. The third-order valence-corrected chi connectivity index (χ3v) is 3.73. The number of hydrogen-bond donors (Lipinski definition) is 1. The Morgan fingerprint density at radius 2 is 2.04 bits per heavy atom. The van der Waals surface area contributed by atoms with Crippen LogP contribution in [0.2, 0.25) is 0 Å². The number of hydrogen-bond acceptors (Lipinski definition) is 5. The summed E-state index contributed by atoms with van der Waals surface area (Å²) in [7, 11) is 0. The number of non-ortho nitro benzene ring substituents is 1. The molecule has 0 bridgehead atoms. The van der Waals surface area contributed by atoms with Crippen molar-refractivity contribution >= 4 is 23.3 Å². The number of pyridine rings is 1. The normalized spacial score (nSPS) is 11.8. The van der Waals surface area contributed by atoms with Crippen LogP contribution in [0.4, 0.5) is 18.9 Å². The third kappa shape index (κ3) is 4.31. The monoisotopic (exact) mass is 391 g/mol. The van der Waals surface area contributed by atoms with Crippen LogP contribution >= 0.6 is 0 Å². The van der Waals surface area contributed by atoms with Crippen LogP contribution in [-0.4, -0.2) is 25.4 Å². The molecule has 2 aromatic heterocycles. The molecule has 0 unspecified atom stereocenters. The minimum absolute atomic E-state index is 0.113. The molecule has 0 atom stereocenters. The lowest BCUT2D eigenvalue weighted by atomic mass is 10.2. The summed E-state index contributed by atoms with van der Waals surface area (Å²) < 4.78 is 39.6. The molecule has 0 saturated heterocycles. The summed E-state index contributed by atoms with van der Waals surface area (Å²) in [5, 5.41) is 20.7. The van der Waals surface area contributed by atoms with Crippen molar-refractivity contribution in [3.8, 4) is 0 Å². The first-order valence-electron chi connectivity index (χ1n) is 7.85. The number of nitro groups is 1. The molecule has 1 amide bonds. The van der Waals surface area contributed by atoms with Gasteiger partial charge in [-0.3, -0.25) is 19.3 Å². The summed E-state index contributed by atoms with van der Waals surface area (Å²) in [5.74, 6) is -0.423. The number of alkyl halides is 3. The Kier molecular flexibility index (Phi) is 5.07. The van der Waals surface area contributed by atoms with E-state index in [1.807, 2.05) is 0 Å². The summed E-state index contributed by atoms with van der Waals surface area (Å²) in [6, 6.07) is 7.77. The van der Waals surface area contributed by atoms with Gasteiger partial charge in [-0.25, -0.2) is 0 Å². The maximum absolute atomic E-state index is 12.8. The highest BCUT2D eigenvalue weighted by molar-refractivity contribution is 5.91. The van der Waals surface area contributed by atoms with Crippen molar-refractivity contribution in [1.82, 2.24) is 19.9 Å². The van der Waals surface area contributed by atoms with Gasteiger partial charge in [0.05, 0.1) is 17.0 Å². The predicted molar refractivity (Wildman–Crippen MR) is 92.0 cm³/mol. The summed E-state index contributed by atoms with van der Waals surface area (Å²) in [6.45, 7) is -0.152. The van der Waals surface area contributed by atoms with Gasteiger partial charge in [0, 0.05) is 24.4 Å². The third-order valence-electron chi connectivity index (χ3n) is 3.73. The first-order valence-corrected chi connectivity index (χ1v) is 7.85. The van der Waals surface area contributed by atoms with Crippen molar-refractivity contribution in [2.45, 2.75) is 12.7 Å². The van der Waals surface area contributed by atoms with Crippen LogP contribution in [0, 0.1) is 10.1 Å². The maximum atomic E-state index is 12.8. The highest BCUT2D eigenvalue weighted by atomic mass is 19.4. The second-order valence-electron chi connectivity index (χ2n) is 5.66. The topological polar surface area (TPSA) is 102 Å². The number of carbonyl (C=O) groups is 1. The van der Waals surface area contributed by atoms with Crippen molar-refractivity contribution in [2.24, 2.45) is 0 Å². The van der Waals surface area contributed by atoms with Gasteiger partial charge in [0.15, 0.2) is 11.5 Å². The lowest BCUT2D eigenvalue weighted by Gasteiger charge is -2.07. The molecular weight excluding hydrogens is 379 g/mol. The number of halogens is 3. The van der Waals surface area contributed by atoms with Crippen LogP contribution in [0.5, 0.6) is 0 Å². The van der Waals surface area contributed by atoms with Gasteiger partial charge in [-0.05, 0) is 23.8 Å². The lowest BCUT2D eigenvalue weighted by molar-refractivity contribution is -0.384. The van der Waals surface area contributed by atoms with E-state index in [1.165, 1.54) is 30.3 Å². The highest BCUT2D eigenvalue weighted by Gasteiger charge is 2.31. The molecule has 0 spiro atoms. The number of aromatic nitrogens is 3. The molecule has 0 aliphatic carbocycles. The largest absolute Gasteiger partial charge is 0.417 e. The van der Waals surface area contributed by atoms with Crippen molar-refractivity contribution in [3.05, 3.63) is 75.7 Å². The van der Waals surface area contributed by atoms with Crippen LogP contribution in [-0.2, 0) is 17.5 Å². The van der Waals surface area contributed by atoms with Crippen molar-refractivity contribution in [1.29, 1.82) is 0 Å².